The smallest absolute Gasteiger partial charge is 0.322 e. The van der Waals surface area contributed by atoms with E-state index < -0.39 is 5.97 Å². The summed E-state index contributed by atoms with van der Waals surface area (Å²) in [5.74, 6) is -1.23. The van der Waals surface area contributed by atoms with Gasteiger partial charge in [-0.2, -0.15) is 0 Å². The topological polar surface area (TPSA) is 86.6 Å². The van der Waals surface area contributed by atoms with Gasteiger partial charge in [-0.3, -0.25) is 9.59 Å². The number of amides is 1. The molecule has 0 rings (SSSR count). The highest BCUT2D eigenvalue weighted by atomic mass is 16.4. The summed E-state index contributed by atoms with van der Waals surface area (Å²) in [6, 6.07) is 0. The molecule has 0 aromatic rings. The van der Waals surface area contributed by atoms with Gasteiger partial charge in [0.2, 0.25) is 5.91 Å². The van der Waals surface area contributed by atoms with Crippen LogP contribution in [0.2, 0.25) is 0 Å². The van der Waals surface area contributed by atoms with Crippen molar-refractivity contribution in [2.24, 2.45) is 0 Å². The highest BCUT2D eigenvalue weighted by Gasteiger charge is 2.02. The Morgan fingerprint density at radius 3 is 2.20 bits per heavy atom. The normalized spacial score (nSPS) is 9.93. The number of nitrogens with one attached hydrogen (secondary N) is 1. The van der Waals surface area contributed by atoms with Crippen molar-refractivity contribution in [1.29, 1.82) is 0 Å². The van der Waals surface area contributed by atoms with E-state index in [0.717, 1.165) is 32.1 Å². The summed E-state index contributed by atoms with van der Waals surface area (Å²) in [6.45, 7) is -0.0809. The summed E-state index contributed by atoms with van der Waals surface area (Å²) >= 11 is 0. The SMILES string of the molecule is O=C(O)CNC(=O)CCCCCCCO. The number of unbranched alkanes of at least 4 members (excludes halogenated alkanes) is 4. The molecule has 0 saturated heterocycles. The van der Waals surface area contributed by atoms with Crippen molar-refractivity contribution in [3.8, 4) is 0 Å². The standard InChI is InChI=1S/C10H19NO4/c12-7-5-3-1-2-4-6-9(13)11-8-10(14)15/h12H,1-8H2,(H,11,13)(H,14,15). The van der Waals surface area contributed by atoms with Gasteiger partial charge in [-0.15, -0.1) is 0 Å². The predicted octanol–water partition coefficient (Wildman–Crippen LogP) is 0.520. The van der Waals surface area contributed by atoms with Gasteiger partial charge in [0, 0.05) is 13.0 Å². The first kappa shape index (κ1) is 13.9. The highest BCUT2D eigenvalue weighted by Crippen LogP contribution is 2.04. The van der Waals surface area contributed by atoms with Crippen molar-refractivity contribution in [1.82, 2.24) is 5.32 Å². The molecular formula is C10H19NO4. The maximum absolute atomic E-state index is 11.0. The lowest BCUT2D eigenvalue weighted by molar-refractivity contribution is -0.137. The summed E-state index contributed by atoms with van der Waals surface area (Å²) in [5.41, 5.74) is 0. The highest BCUT2D eigenvalue weighted by molar-refractivity contribution is 5.80. The van der Waals surface area contributed by atoms with Crippen molar-refractivity contribution >= 4 is 11.9 Å². The van der Waals surface area contributed by atoms with E-state index in [9.17, 15) is 9.59 Å². The van der Waals surface area contributed by atoms with Crippen LogP contribution >= 0.6 is 0 Å². The van der Waals surface area contributed by atoms with E-state index in [0.29, 0.717) is 6.42 Å². The zero-order valence-electron chi connectivity index (χ0n) is 8.87. The minimum Gasteiger partial charge on any atom is -0.480 e. The van der Waals surface area contributed by atoms with Crippen molar-refractivity contribution in [3.05, 3.63) is 0 Å². The van der Waals surface area contributed by atoms with E-state index in [4.69, 9.17) is 10.2 Å². The van der Waals surface area contributed by atoms with Crippen LogP contribution in [0.5, 0.6) is 0 Å². The first-order valence-electron chi connectivity index (χ1n) is 5.26. The lowest BCUT2D eigenvalue weighted by Crippen LogP contribution is -2.28. The minimum atomic E-state index is -1.02. The maximum atomic E-state index is 11.0. The number of aliphatic hydroxyl groups excluding tert-OH is 1. The molecule has 15 heavy (non-hydrogen) atoms. The Bertz CT molecular complexity index is 194. The van der Waals surface area contributed by atoms with Crippen LogP contribution in [0.1, 0.15) is 38.5 Å². The number of aliphatic hydroxyl groups is 1. The molecule has 3 N–H and O–H groups in total. The number of carboxylic acid groups (broad SMARTS) is 1. The zero-order valence-corrected chi connectivity index (χ0v) is 8.87. The average molecular weight is 217 g/mol. The molecule has 0 aromatic heterocycles. The quantitative estimate of drug-likeness (QED) is 0.491. The fraction of sp³-hybridized carbons (Fsp3) is 0.800. The molecule has 1 amide bonds. The van der Waals surface area contributed by atoms with Crippen LogP contribution in [0.15, 0.2) is 0 Å². The molecule has 5 heteroatoms. The largest absolute Gasteiger partial charge is 0.480 e. The fourth-order valence-electron chi connectivity index (χ4n) is 1.19. The first-order chi connectivity index (χ1) is 7.16. The van der Waals surface area contributed by atoms with Crippen LogP contribution in [-0.2, 0) is 9.59 Å². The maximum Gasteiger partial charge on any atom is 0.322 e. The van der Waals surface area contributed by atoms with Gasteiger partial charge in [0.1, 0.15) is 6.54 Å². The van der Waals surface area contributed by atoms with Gasteiger partial charge in [-0.1, -0.05) is 19.3 Å². The predicted molar refractivity (Wildman–Crippen MR) is 55.4 cm³/mol. The second-order valence-corrected chi connectivity index (χ2v) is 3.41. The summed E-state index contributed by atoms with van der Waals surface area (Å²) in [6.07, 6.45) is 4.90. The Morgan fingerprint density at radius 1 is 1.00 bits per heavy atom. The van der Waals surface area contributed by atoms with Crippen LogP contribution in [0.25, 0.3) is 0 Å². The van der Waals surface area contributed by atoms with Crippen molar-refractivity contribution in [2.75, 3.05) is 13.2 Å². The van der Waals surface area contributed by atoms with E-state index in [1.54, 1.807) is 0 Å². The van der Waals surface area contributed by atoms with Gasteiger partial charge < -0.3 is 15.5 Å². The third kappa shape index (κ3) is 10.8. The number of carbonyl (C=O) groups excluding carboxylic acids is 1. The number of hydrogen-bond donors (Lipinski definition) is 3. The molecule has 0 aliphatic heterocycles. The summed E-state index contributed by atoms with van der Waals surface area (Å²) in [7, 11) is 0. The number of aliphatic carboxylic acids is 1. The zero-order chi connectivity index (χ0) is 11.5. The summed E-state index contributed by atoms with van der Waals surface area (Å²) < 4.78 is 0. The van der Waals surface area contributed by atoms with Crippen LogP contribution in [-0.4, -0.2) is 35.2 Å². The molecule has 0 saturated carbocycles. The first-order valence-corrected chi connectivity index (χ1v) is 5.26. The molecule has 5 nitrogen and oxygen atoms in total. The fourth-order valence-corrected chi connectivity index (χ4v) is 1.19. The molecular weight excluding hydrogens is 198 g/mol. The van der Waals surface area contributed by atoms with Crippen LogP contribution in [0.4, 0.5) is 0 Å². The average Bonchev–Trinajstić information content (AvgIpc) is 2.20. The minimum absolute atomic E-state index is 0.209. The number of carbonyl (C=O) groups is 2. The Balaban J connectivity index is 3.20. The molecule has 0 spiro atoms. The molecule has 0 heterocycles. The Kier molecular flexibility index (Phi) is 8.76. The van der Waals surface area contributed by atoms with Crippen molar-refractivity contribution in [2.45, 2.75) is 38.5 Å². The molecule has 0 atom stereocenters. The third-order valence-electron chi connectivity index (χ3n) is 2.00. The lowest BCUT2D eigenvalue weighted by atomic mass is 10.1. The Labute approximate surface area is 89.5 Å². The molecule has 0 aromatic carbocycles. The van der Waals surface area contributed by atoms with Gasteiger partial charge in [0.15, 0.2) is 0 Å². The van der Waals surface area contributed by atoms with Crippen molar-refractivity contribution in [3.63, 3.8) is 0 Å². The van der Waals surface area contributed by atoms with Crippen molar-refractivity contribution < 1.29 is 19.8 Å². The molecule has 0 aliphatic rings. The monoisotopic (exact) mass is 217 g/mol. The van der Waals surface area contributed by atoms with E-state index in [-0.39, 0.29) is 19.1 Å². The van der Waals surface area contributed by atoms with E-state index in [1.165, 1.54) is 0 Å². The van der Waals surface area contributed by atoms with Crippen LogP contribution in [0.3, 0.4) is 0 Å². The summed E-state index contributed by atoms with van der Waals surface area (Å²) in [5, 5.41) is 19.1. The van der Waals surface area contributed by atoms with Gasteiger partial charge in [-0.05, 0) is 12.8 Å². The molecule has 0 fully saturated rings. The molecule has 0 unspecified atom stereocenters. The molecule has 0 radical (unpaired) electrons. The van der Waals surface area contributed by atoms with E-state index >= 15 is 0 Å². The number of rotatable bonds is 9. The van der Waals surface area contributed by atoms with Crippen LogP contribution in [0, 0.1) is 0 Å². The lowest BCUT2D eigenvalue weighted by Gasteiger charge is -2.02. The molecule has 0 bridgehead atoms. The van der Waals surface area contributed by atoms with Gasteiger partial charge in [0.05, 0.1) is 0 Å². The number of hydrogen-bond acceptors (Lipinski definition) is 3. The Morgan fingerprint density at radius 2 is 1.60 bits per heavy atom. The summed E-state index contributed by atoms with van der Waals surface area (Å²) in [4.78, 5) is 21.1. The van der Waals surface area contributed by atoms with E-state index in [1.807, 2.05) is 0 Å². The molecule has 0 aliphatic carbocycles. The van der Waals surface area contributed by atoms with Crippen LogP contribution < -0.4 is 5.32 Å². The third-order valence-corrected chi connectivity index (χ3v) is 2.00. The van der Waals surface area contributed by atoms with E-state index in [2.05, 4.69) is 5.32 Å². The van der Waals surface area contributed by atoms with Gasteiger partial charge >= 0.3 is 5.97 Å². The van der Waals surface area contributed by atoms with Gasteiger partial charge in [-0.25, -0.2) is 0 Å². The Hall–Kier alpha value is -1.10. The van der Waals surface area contributed by atoms with Gasteiger partial charge in [0.25, 0.3) is 0 Å². The second kappa shape index (κ2) is 9.45. The number of carboxylic acids is 1. The molecule has 88 valence electrons. The second-order valence-electron chi connectivity index (χ2n) is 3.41.